The molecule has 0 aliphatic heterocycles. The molecule has 0 radical (unpaired) electrons. The van der Waals surface area contributed by atoms with Crippen LogP contribution in [0.1, 0.15) is 45.1 Å². The molecule has 0 heterocycles. The smallest absolute Gasteiger partial charge is 0.244 e. The van der Waals surface area contributed by atoms with Gasteiger partial charge in [0.15, 0.2) is 0 Å². The van der Waals surface area contributed by atoms with Crippen molar-refractivity contribution in [3.05, 3.63) is 35.9 Å². The second-order valence-corrected chi connectivity index (χ2v) is 10.2. The van der Waals surface area contributed by atoms with E-state index in [2.05, 4.69) is 26.1 Å². The monoisotopic (exact) mass is 332 g/mol. The molecule has 2 nitrogen and oxygen atoms in total. The summed E-state index contributed by atoms with van der Waals surface area (Å²) >= 11 is 9.76. The van der Waals surface area contributed by atoms with Crippen LogP contribution < -0.4 is 0 Å². The lowest BCUT2D eigenvalue weighted by Gasteiger charge is -2.21. The molecule has 0 aromatic heterocycles. The van der Waals surface area contributed by atoms with Crippen LogP contribution in [0.25, 0.3) is 0 Å². The van der Waals surface area contributed by atoms with Gasteiger partial charge in [0.25, 0.3) is 0 Å². The van der Waals surface area contributed by atoms with E-state index in [1.165, 1.54) is 19.3 Å². The second-order valence-electron chi connectivity index (χ2n) is 4.94. The highest BCUT2D eigenvalue weighted by Crippen LogP contribution is 2.54. The summed E-state index contributed by atoms with van der Waals surface area (Å²) in [7, 11) is 0. The molecule has 0 spiro atoms. The summed E-state index contributed by atoms with van der Waals surface area (Å²) in [4.78, 5) is 0. The molecule has 0 saturated heterocycles. The molecule has 1 aromatic carbocycles. The predicted octanol–water partition coefficient (Wildman–Crippen LogP) is 5.59. The highest BCUT2D eigenvalue weighted by atomic mass is 32.9. The Hall–Kier alpha value is 0.140. The minimum absolute atomic E-state index is 0.466. The van der Waals surface area contributed by atoms with E-state index >= 15 is 0 Å². The van der Waals surface area contributed by atoms with Gasteiger partial charge in [-0.2, -0.15) is 0 Å². The molecule has 0 amide bonds. The normalized spacial score (nSPS) is 15.8. The fraction of sp³-hybridized carbons (Fsp3) is 0.600. The lowest BCUT2D eigenvalue weighted by molar-refractivity contribution is 0.209. The molecular weight excluding hydrogens is 307 g/mol. The van der Waals surface area contributed by atoms with Gasteiger partial charge in [-0.1, -0.05) is 75.7 Å². The largest absolute Gasteiger partial charge is 0.322 e. The van der Waals surface area contributed by atoms with E-state index < -0.39 is 5.69 Å². The first-order chi connectivity index (χ1) is 9.57. The fourth-order valence-electron chi connectivity index (χ4n) is 1.87. The van der Waals surface area contributed by atoms with Gasteiger partial charge in [-0.25, -0.2) is 0 Å². The van der Waals surface area contributed by atoms with Crippen molar-refractivity contribution >= 4 is 29.7 Å². The molecule has 0 N–H and O–H groups in total. The first kappa shape index (κ1) is 18.2. The van der Waals surface area contributed by atoms with Crippen molar-refractivity contribution < 1.29 is 9.05 Å². The van der Waals surface area contributed by atoms with Crippen molar-refractivity contribution in [2.75, 3.05) is 6.61 Å². The lowest BCUT2D eigenvalue weighted by atomic mass is 10.0. The van der Waals surface area contributed by atoms with Gasteiger partial charge < -0.3 is 9.05 Å². The number of hydrogen-bond acceptors (Lipinski definition) is 3. The van der Waals surface area contributed by atoms with Crippen LogP contribution in [0.15, 0.2) is 30.3 Å². The summed E-state index contributed by atoms with van der Waals surface area (Å²) in [6.07, 6.45) is 4.76. The third kappa shape index (κ3) is 7.80. The summed E-state index contributed by atoms with van der Waals surface area (Å²) in [6.45, 7) is 5.52. The van der Waals surface area contributed by atoms with Crippen LogP contribution in [-0.4, -0.2) is 6.61 Å². The topological polar surface area (TPSA) is 18.5 Å². The van der Waals surface area contributed by atoms with Gasteiger partial charge in [-0.15, -0.1) is 0 Å². The zero-order chi connectivity index (χ0) is 14.8. The van der Waals surface area contributed by atoms with Crippen LogP contribution in [0.4, 0.5) is 0 Å². The Balaban J connectivity index is 2.35. The highest BCUT2D eigenvalue weighted by molar-refractivity contribution is 8.60. The third-order valence-electron chi connectivity index (χ3n) is 3.25. The lowest BCUT2D eigenvalue weighted by Crippen LogP contribution is -2.07. The zero-order valence-electron chi connectivity index (χ0n) is 12.3. The molecule has 0 fully saturated rings. The minimum atomic E-state index is -2.43. The van der Waals surface area contributed by atoms with E-state index in [9.17, 15) is 0 Å². The molecule has 2 unspecified atom stereocenters. The number of rotatable bonds is 10. The van der Waals surface area contributed by atoms with Crippen molar-refractivity contribution in [1.82, 2.24) is 0 Å². The van der Waals surface area contributed by atoms with E-state index in [0.717, 1.165) is 12.0 Å². The van der Waals surface area contributed by atoms with Crippen LogP contribution in [-0.2, 0) is 27.5 Å². The number of benzene rings is 1. The van der Waals surface area contributed by atoms with Gasteiger partial charge in [-0.05, 0) is 29.7 Å². The predicted molar refractivity (Wildman–Crippen MR) is 93.8 cm³/mol. The van der Waals surface area contributed by atoms with E-state index in [1.54, 1.807) is 0 Å². The number of unbranched alkanes of at least 4 members (excludes halogenated alkanes) is 1. The van der Waals surface area contributed by atoms with Crippen LogP contribution in [0.5, 0.6) is 0 Å². The molecule has 114 valence electrons. The fourth-order valence-corrected chi connectivity index (χ4v) is 3.37. The Labute approximate surface area is 133 Å². The second kappa shape index (κ2) is 9.97. The van der Waals surface area contributed by atoms with E-state index in [4.69, 9.17) is 20.9 Å². The maximum Gasteiger partial charge on any atom is 0.244 e. The Morgan fingerprint density at radius 3 is 2.50 bits per heavy atom. The van der Waals surface area contributed by atoms with Crippen molar-refractivity contribution in [1.29, 1.82) is 0 Å². The van der Waals surface area contributed by atoms with Gasteiger partial charge in [0.1, 0.15) is 0 Å². The van der Waals surface area contributed by atoms with Crippen LogP contribution in [0, 0.1) is 5.92 Å². The average molecular weight is 332 g/mol. The van der Waals surface area contributed by atoms with E-state index in [-0.39, 0.29) is 0 Å². The molecule has 2 atom stereocenters. The number of thiol groups is 1. The zero-order valence-corrected chi connectivity index (χ0v) is 14.9. The van der Waals surface area contributed by atoms with Crippen LogP contribution >= 0.6 is 17.9 Å². The third-order valence-corrected chi connectivity index (χ3v) is 5.51. The summed E-state index contributed by atoms with van der Waals surface area (Å²) < 4.78 is 11.5. The molecule has 20 heavy (non-hydrogen) atoms. The maximum atomic E-state index is 5.77. The first-order valence-corrected chi connectivity index (χ1v) is 11.0. The Morgan fingerprint density at radius 1 is 1.20 bits per heavy atom. The van der Waals surface area contributed by atoms with Gasteiger partial charge in [0.2, 0.25) is 5.69 Å². The molecule has 0 bridgehead atoms. The van der Waals surface area contributed by atoms with Crippen molar-refractivity contribution in [3.63, 3.8) is 0 Å². The Morgan fingerprint density at radius 2 is 1.90 bits per heavy atom. The summed E-state index contributed by atoms with van der Waals surface area (Å²) in [5.74, 6) is 0.560. The van der Waals surface area contributed by atoms with Gasteiger partial charge in [0, 0.05) is 0 Å². The van der Waals surface area contributed by atoms with E-state index in [0.29, 0.717) is 19.1 Å². The molecule has 0 saturated carbocycles. The summed E-state index contributed by atoms with van der Waals surface area (Å²) in [5, 5.41) is 0. The van der Waals surface area contributed by atoms with Gasteiger partial charge in [0.05, 0.1) is 13.2 Å². The van der Waals surface area contributed by atoms with Crippen LogP contribution in [0.2, 0.25) is 0 Å². The summed E-state index contributed by atoms with van der Waals surface area (Å²) in [5.41, 5.74) is -1.33. The molecule has 1 aromatic rings. The Bertz CT molecular complexity index is 412. The van der Waals surface area contributed by atoms with Gasteiger partial charge in [-0.3, -0.25) is 0 Å². The standard InChI is InChI=1S/C15H25O2PS2/c1-3-5-9-14(4-2)12-16-18(19,20)17-13-15-10-7-6-8-11-15/h6-8,10-11,14H,3-5,9,12-13H2,1-2H3,(H,19,20). The molecule has 1 rings (SSSR count). The summed E-state index contributed by atoms with van der Waals surface area (Å²) in [6, 6.07) is 9.98. The van der Waals surface area contributed by atoms with Crippen LogP contribution in [0.3, 0.4) is 0 Å². The molecule has 0 aliphatic carbocycles. The number of hydrogen-bond donors (Lipinski definition) is 1. The van der Waals surface area contributed by atoms with Crippen molar-refractivity contribution in [3.8, 4) is 0 Å². The first-order valence-electron chi connectivity index (χ1n) is 7.23. The Kier molecular flexibility index (Phi) is 9.06. The SMILES string of the molecule is CCCCC(CC)COP(=S)(S)OCc1ccccc1. The van der Waals surface area contributed by atoms with E-state index in [1.807, 2.05) is 30.3 Å². The average Bonchev–Trinajstić information content (AvgIpc) is 2.47. The van der Waals surface area contributed by atoms with Crippen molar-refractivity contribution in [2.45, 2.75) is 46.1 Å². The minimum Gasteiger partial charge on any atom is -0.322 e. The quantitative estimate of drug-likeness (QED) is 0.445. The highest BCUT2D eigenvalue weighted by Gasteiger charge is 2.16. The molecular formula is C15H25O2PS2. The molecule has 5 heteroatoms. The maximum absolute atomic E-state index is 5.77. The molecule has 0 aliphatic rings. The van der Waals surface area contributed by atoms with Crippen molar-refractivity contribution in [2.24, 2.45) is 5.92 Å². The van der Waals surface area contributed by atoms with Gasteiger partial charge >= 0.3 is 0 Å².